The van der Waals surface area contributed by atoms with E-state index in [4.69, 9.17) is 19.9 Å². The Morgan fingerprint density at radius 3 is 1.11 bits per heavy atom. The van der Waals surface area contributed by atoms with E-state index in [1.165, 1.54) is 0 Å². The van der Waals surface area contributed by atoms with Crippen molar-refractivity contribution in [2.24, 2.45) is 0 Å². The standard InChI is InChI=1S/C72H70N6O2.2Pt/c1-43-31-45(53-27-21-29-61-63(53)75-67(77(61)51-23-17-15-18-24-51)55-37-49(69(3,4)5)39-57(65(55)79)71(9,10)11)35-47(33-43)59-41-60(74-42-73-59)48-34-44(2)32-46(36-48)54-28-22-30-62-64(54)76-68(78(62)52-25-19-16-20-26-52)56-38-50(70(6,7)8)40-58(66(56)80)72(12,13)14;;/h15-34,37-42,79-80H,1-14H3;;/q-2;;. The zero-order chi connectivity index (χ0) is 56.8. The second kappa shape index (κ2) is 22.2. The number of nitrogens with zero attached hydrogens (tertiary/aromatic N) is 6. The van der Waals surface area contributed by atoms with E-state index in [9.17, 15) is 10.2 Å². The summed E-state index contributed by atoms with van der Waals surface area (Å²) in [5.41, 5.74) is 18.4. The number of fused-ring (bicyclic) bond motifs is 2. The topological polar surface area (TPSA) is 102 Å². The molecule has 0 amide bonds. The molecule has 10 heteroatoms. The van der Waals surface area contributed by atoms with Crippen molar-refractivity contribution in [1.82, 2.24) is 29.1 Å². The van der Waals surface area contributed by atoms with Gasteiger partial charge in [0.15, 0.2) is 0 Å². The van der Waals surface area contributed by atoms with Crippen LogP contribution in [-0.4, -0.2) is 39.3 Å². The fourth-order valence-corrected chi connectivity index (χ4v) is 10.9. The first-order valence-corrected chi connectivity index (χ1v) is 27.7. The summed E-state index contributed by atoms with van der Waals surface area (Å²) in [6.45, 7) is 30.3. The maximum Gasteiger partial charge on any atom is 0.148 e. The molecule has 8 nitrogen and oxygen atoms in total. The summed E-state index contributed by atoms with van der Waals surface area (Å²) in [6.07, 6.45) is 1.62. The molecule has 0 fully saturated rings. The van der Waals surface area contributed by atoms with Gasteiger partial charge >= 0.3 is 0 Å². The Balaban J connectivity index is 0.00000405. The number of aromatic nitrogens is 6. The number of benzene rings is 8. The van der Waals surface area contributed by atoms with Crippen LogP contribution in [0.5, 0.6) is 11.5 Å². The molecule has 0 radical (unpaired) electrons. The molecule has 2 N–H and O–H groups in total. The third-order valence-corrected chi connectivity index (χ3v) is 15.3. The second-order valence-electron chi connectivity index (χ2n) is 25.7. The smallest absolute Gasteiger partial charge is 0.148 e. The molecule has 0 aliphatic heterocycles. The molecule has 3 heterocycles. The van der Waals surface area contributed by atoms with Gasteiger partial charge in [0.1, 0.15) is 23.1 Å². The van der Waals surface area contributed by atoms with E-state index in [1.807, 2.05) is 42.5 Å². The summed E-state index contributed by atoms with van der Waals surface area (Å²) in [7, 11) is 0. The minimum Gasteiger partial charge on any atom is -0.507 e. The van der Waals surface area contributed by atoms with E-state index in [0.29, 0.717) is 22.8 Å². The summed E-state index contributed by atoms with van der Waals surface area (Å²) >= 11 is 0. The predicted molar refractivity (Wildman–Crippen MR) is 329 cm³/mol. The molecule has 0 aliphatic rings. The number of hydrogen-bond acceptors (Lipinski definition) is 6. The molecule has 422 valence electrons. The molecule has 8 aromatic carbocycles. The summed E-state index contributed by atoms with van der Waals surface area (Å²) in [5, 5.41) is 24.5. The fraction of sp³-hybridized carbons (Fsp3) is 0.250. The molecule has 0 spiro atoms. The molecule has 11 rings (SSSR count). The van der Waals surface area contributed by atoms with Gasteiger partial charge in [-0.15, -0.1) is 58.7 Å². The van der Waals surface area contributed by atoms with Gasteiger partial charge in [0.05, 0.1) is 39.5 Å². The van der Waals surface area contributed by atoms with E-state index in [1.54, 1.807) is 6.33 Å². The normalized spacial score (nSPS) is 12.2. The maximum atomic E-state index is 12.3. The molecular weight excluding hydrogens is 1370 g/mol. The van der Waals surface area contributed by atoms with Gasteiger partial charge < -0.3 is 10.2 Å². The van der Waals surface area contributed by atoms with E-state index >= 15 is 0 Å². The number of phenols is 2. The summed E-state index contributed by atoms with van der Waals surface area (Å²) in [4.78, 5) is 20.7. The minimum atomic E-state index is -0.321. The van der Waals surface area contributed by atoms with E-state index < -0.39 is 0 Å². The van der Waals surface area contributed by atoms with Gasteiger partial charge in [-0.1, -0.05) is 198 Å². The monoisotopic (exact) mass is 1440 g/mol. The van der Waals surface area contributed by atoms with Gasteiger partial charge in [-0.05, 0) is 81.3 Å². The molecule has 0 aliphatic carbocycles. The van der Waals surface area contributed by atoms with Crippen molar-refractivity contribution in [3.8, 4) is 90.4 Å². The van der Waals surface area contributed by atoms with Crippen LogP contribution in [0.1, 0.15) is 116 Å². The molecular formula is C72H70N6O2Pt2-2. The molecule has 11 aromatic rings. The van der Waals surface area contributed by atoms with Gasteiger partial charge in [0, 0.05) is 76.0 Å². The number of aryl methyl sites for hydroxylation is 2. The van der Waals surface area contributed by atoms with Crippen molar-refractivity contribution in [2.75, 3.05) is 0 Å². The van der Waals surface area contributed by atoms with E-state index in [2.05, 4.69) is 227 Å². The number of rotatable bonds is 8. The van der Waals surface area contributed by atoms with Crippen LogP contribution in [-0.2, 0) is 63.8 Å². The van der Waals surface area contributed by atoms with E-state index in [0.717, 1.165) is 112 Å². The number of para-hydroxylation sites is 4. The SMILES string of the molecule is Cc1cc(-c2cc(-c3[c-]c(-c4cccc5c4nc(-c4cc(C(C)(C)C)cc(C(C)(C)C)c4O)n5-c4ccccc4)cc(C)c3)ncn2)[c-]c(-c2cccc3c2nc(-c2cc(C(C)(C)C)cc(C(C)(C)C)c2O)n3-c2ccccc2)c1.[Pt].[Pt]. The third-order valence-electron chi connectivity index (χ3n) is 15.3. The largest absolute Gasteiger partial charge is 0.507 e. The maximum absolute atomic E-state index is 12.3. The number of hydrogen-bond donors (Lipinski definition) is 2. The van der Waals surface area contributed by atoms with Crippen molar-refractivity contribution < 1.29 is 52.3 Å². The van der Waals surface area contributed by atoms with Crippen LogP contribution in [0.3, 0.4) is 0 Å². The van der Waals surface area contributed by atoms with Gasteiger partial charge in [-0.25, -0.2) is 9.97 Å². The Morgan fingerprint density at radius 1 is 0.390 bits per heavy atom. The molecule has 0 saturated carbocycles. The van der Waals surface area contributed by atoms with Crippen molar-refractivity contribution in [2.45, 2.75) is 119 Å². The van der Waals surface area contributed by atoms with Crippen LogP contribution >= 0.6 is 0 Å². The van der Waals surface area contributed by atoms with Gasteiger partial charge in [0.2, 0.25) is 0 Å². The van der Waals surface area contributed by atoms with Gasteiger partial charge in [0.25, 0.3) is 0 Å². The van der Waals surface area contributed by atoms with Crippen LogP contribution in [0.4, 0.5) is 0 Å². The predicted octanol–water partition coefficient (Wildman–Crippen LogP) is 18.0. The summed E-state index contributed by atoms with van der Waals surface area (Å²) in [5.74, 6) is 1.80. The van der Waals surface area contributed by atoms with Crippen molar-refractivity contribution >= 4 is 22.1 Å². The second-order valence-corrected chi connectivity index (χ2v) is 25.7. The van der Waals surface area contributed by atoms with Crippen LogP contribution < -0.4 is 0 Å². The van der Waals surface area contributed by atoms with E-state index in [-0.39, 0.29) is 75.3 Å². The van der Waals surface area contributed by atoms with Crippen LogP contribution in [0, 0.1) is 26.0 Å². The first kappa shape index (κ1) is 59.4. The Bertz CT molecular complexity index is 3940. The van der Waals surface area contributed by atoms with Crippen LogP contribution in [0.15, 0.2) is 158 Å². The summed E-state index contributed by atoms with van der Waals surface area (Å²) < 4.78 is 4.33. The zero-order valence-electron chi connectivity index (χ0n) is 49.2. The molecule has 0 saturated heterocycles. The third kappa shape index (κ3) is 11.2. The van der Waals surface area contributed by atoms with Crippen molar-refractivity contribution in [3.05, 3.63) is 203 Å². The molecule has 0 bridgehead atoms. The van der Waals surface area contributed by atoms with Gasteiger partial charge in [-0.3, -0.25) is 19.1 Å². The molecule has 3 aromatic heterocycles. The number of aromatic hydroxyl groups is 2. The Labute approximate surface area is 512 Å². The summed E-state index contributed by atoms with van der Waals surface area (Å²) in [6, 6.07) is 59.7. The molecule has 82 heavy (non-hydrogen) atoms. The molecule has 0 unspecified atom stereocenters. The van der Waals surface area contributed by atoms with Crippen LogP contribution in [0.25, 0.3) is 101 Å². The fourth-order valence-electron chi connectivity index (χ4n) is 10.9. The molecule has 0 atom stereocenters. The Hall–Kier alpha value is -7.24. The number of phenolic OH excluding ortho intramolecular Hbond substituents is 2. The van der Waals surface area contributed by atoms with Crippen molar-refractivity contribution in [1.29, 1.82) is 0 Å². The Kier molecular flexibility index (Phi) is 16.0. The first-order valence-electron chi connectivity index (χ1n) is 27.7. The zero-order valence-corrected chi connectivity index (χ0v) is 53.8. The average Bonchev–Trinajstić information content (AvgIpc) is 4.05. The van der Waals surface area contributed by atoms with Crippen molar-refractivity contribution in [3.63, 3.8) is 0 Å². The Morgan fingerprint density at radius 2 is 0.756 bits per heavy atom. The average molecular weight is 1440 g/mol. The minimum absolute atomic E-state index is 0. The quantitative estimate of drug-likeness (QED) is 0.147. The number of imidazole rings is 2. The van der Waals surface area contributed by atoms with Gasteiger partial charge in [-0.2, -0.15) is 0 Å². The first-order chi connectivity index (χ1) is 37.8. The van der Waals surface area contributed by atoms with Crippen LogP contribution in [0.2, 0.25) is 0 Å².